The zero-order valence-electron chi connectivity index (χ0n) is 19.7. The number of hydrogen-bond acceptors (Lipinski definition) is 3. The summed E-state index contributed by atoms with van der Waals surface area (Å²) in [6.07, 6.45) is 4.89. The van der Waals surface area contributed by atoms with Crippen molar-refractivity contribution in [3.8, 4) is 11.5 Å². The van der Waals surface area contributed by atoms with Gasteiger partial charge in [0.1, 0.15) is 17.3 Å². The van der Waals surface area contributed by atoms with Gasteiger partial charge in [0.15, 0.2) is 0 Å². The number of aromatic nitrogens is 1. The standard InChI is InChI=1S/C30H28N2O3/c1-2-21-9-7-15-26-28(20-32-30(21)26)27(18-29(33)31-19-25-14-8-16-34-25)22-10-6-13-24(17-22)35-23-11-4-3-5-12-23/h3-17,20,27,32H,2,18-19H2,1H3,(H,31,33). The molecular formula is C30H28N2O3. The number of benzene rings is 3. The molecule has 2 aromatic heterocycles. The molecule has 0 fully saturated rings. The fraction of sp³-hybridized carbons (Fsp3) is 0.167. The highest BCUT2D eigenvalue weighted by atomic mass is 16.5. The third-order valence-electron chi connectivity index (χ3n) is 6.26. The largest absolute Gasteiger partial charge is 0.467 e. The van der Waals surface area contributed by atoms with E-state index in [2.05, 4.69) is 41.5 Å². The van der Waals surface area contributed by atoms with Crippen molar-refractivity contribution < 1.29 is 13.9 Å². The van der Waals surface area contributed by atoms with Crippen LogP contribution in [0, 0.1) is 0 Å². The molecule has 1 amide bonds. The van der Waals surface area contributed by atoms with Crippen LogP contribution in [0.5, 0.6) is 11.5 Å². The number of aryl methyl sites for hydroxylation is 1. The normalized spacial score (nSPS) is 11.9. The minimum atomic E-state index is -0.146. The molecule has 0 bridgehead atoms. The van der Waals surface area contributed by atoms with Crippen molar-refractivity contribution in [3.05, 3.63) is 120 Å². The number of para-hydroxylation sites is 2. The fourth-order valence-electron chi connectivity index (χ4n) is 4.50. The summed E-state index contributed by atoms with van der Waals surface area (Å²) >= 11 is 0. The van der Waals surface area contributed by atoms with E-state index in [1.54, 1.807) is 6.26 Å². The Balaban J connectivity index is 1.48. The highest BCUT2D eigenvalue weighted by Crippen LogP contribution is 2.36. The molecule has 5 heteroatoms. The zero-order chi connectivity index (χ0) is 24.0. The summed E-state index contributed by atoms with van der Waals surface area (Å²) in [5.74, 6) is 2.06. The molecule has 2 heterocycles. The van der Waals surface area contributed by atoms with E-state index in [4.69, 9.17) is 9.15 Å². The number of carbonyl (C=O) groups is 1. The highest BCUT2D eigenvalue weighted by Gasteiger charge is 2.23. The summed E-state index contributed by atoms with van der Waals surface area (Å²) in [5.41, 5.74) is 4.51. The molecular weight excluding hydrogens is 436 g/mol. The van der Waals surface area contributed by atoms with Gasteiger partial charge in [-0.2, -0.15) is 0 Å². The van der Waals surface area contributed by atoms with E-state index < -0.39 is 0 Å². The van der Waals surface area contributed by atoms with E-state index in [1.807, 2.05) is 66.9 Å². The van der Waals surface area contributed by atoms with E-state index in [9.17, 15) is 4.79 Å². The van der Waals surface area contributed by atoms with Crippen molar-refractivity contribution in [1.82, 2.24) is 10.3 Å². The second kappa shape index (κ2) is 10.3. The van der Waals surface area contributed by atoms with E-state index in [0.29, 0.717) is 13.0 Å². The van der Waals surface area contributed by atoms with Crippen LogP contribution in [0.1, 0.15) is 41.7 Å². The molecule has 0 aliphatic carbocycles. The molecule has 5 aromatic rings. The number of fused-ring (bicyclic) bond motifs is 1. The summed E-state index contributed by atoms with van der Waals surface area (Å²) in [6, 6.07) is 27.7. The molecule has 0 radical (unpaired) electrons. The van der Waals surface area contributed by atoms with Crippen molar-refractivity contribution in [3.63, 3.8) is 0 Å². The Bertz CT molecular complexity index is 1400. The number of carbonyl (C=O) groups excluding carboxylic acids is 1. The maximum absolute atomic E-state index is 13.1. The van der Waals surface area contributed by atoms with Gasteiger partial charge in [-0.05, 0) is 59.5 Å². The van der Waals surface area contributed by atoms with E-state index in [1.165, 1.54) is 5.56 Å². The molecule has 176 valence electrons. The van der Waals surface area contributed by atoms with Crippen LogP contribution in [-0.2, 0) is 17.8 Å². The van der Waals surface area contributed by atoms with Crippen LogP contribution < -0.4 is 10.1 Å². The van der Waals surface area contributed by atoms with Crippen LogP contribution in [0.25, 0.3) is 10.9 Å². The Labute approximate surface area is 204 Å². The third kappa shape index (κ3) is 5.14. The van der Waals surface area contributed by atoms with Crippen LogP contribution in [0.2, 0.25) is 0 Å². The van der Waals surface area contributed by atoms with Crippen LogP contribution in [0.15, 0.2) is 102 Å². The monoisotopic (exact) mass is 464 g/mol. The number of hydrogen-bond donors (Lipinski definition) is 2. The van der Waals surface area contributed by atoms with Crippen LogP contribution in [0.3, 0.4) is 0 Å². The lowest BCUT2D eigenvalue weighted by Crippen LogP contribution is -2.24. The summed E-state index contributed by atoms with van der Waals surface area (Å²) in [5, 5.41) is 4.14. The van der Waals surface area contributed by atoms with Gasteiger partial charge in [0.2, 0.25) is 5.91 Å². The van der Waals surface area contributed by atoms with Gasteiger partial charge < -0.3 is 19.5 Å². The Hall–Kier alpha value is -4.25. The van der Waals surface area contributed by atoms with Gasteiger partial charge in [-0.15, -0.1) is 0 Å². The van der Waals surface area contributed by atoms with Gasteiger partial charge in [0, 0.05) is 29.4 Å². The van der Waals surface area contributed by atoms with Crippen molar-refractivity contribution in [2.75, 3.05) is 0 Å². The molecule has 0 spiro atoms. The van der Waals surface area contributed by atoms with E-state index in [0.717, 1.165) is 45.7 Å². The first kappa shape index (κ1) is 22.5. The Kier molecular flexibility index (Phi) is 6.66. The quantitative estimate of drug-likeness (QED) is 0.248. The SMILES string of the molecule is CCc1cccc2c(C(CC(=O)NCc3ccco3)c3cccc(Oc4ccccc4)c3)c[nH]c12. The average molecular weight is 465 g/mol. The van der Waals surface area contributed by atoms with Gasteiger partial charge in [-0.1, -0.05) is 55.5 Å². The number of rotatable bonds is 9. The molecule has 3 aromatic carbocycles. The lowest BCUT2D eigenvalue weighted by molar-refractivity contribution is -0.121. The first-order valence-electron chi connectivity index (χ1n) is 11.9. The molecule has 1 atom stereocenters. The number of aromatic amines is 1. The third-order valence-corrected chi connectivity index (χ3v) is 6.26. The van der Waals surface area contributed by atoms with Gasteiger partial charge in [-0.3, -0.25) is 4.79 Å². The maximum atomic E-state index is 13.1. The number of ether oxygens (including phenoxy) is 1. The summed E-state index contributed by atoms with van der Waals surface area (Å²) in [7, 11) is 0. The maximum Gasteiger partial charge on any atom is 0.221 e. The lowest BCUT2D eigenvalue weighted by Gasteiger charge is -2.18. The molecule has 0 aliphatic rings. The second-order valence-corrected chi connectivity index (χ2v) is 8.54. The Morgan fingerprint density at radius 3 is 2.60 bits per heavy atom. The topological polar surface area (TPSA) is 67.3 Å². The van der Waals surface area contributed by atoms with Crippen LogP contribution >= 0.6 is 0 Å². The highest BCUT2D eigenvalue weighted by molar-refractivity contribution is 5.88. The molecule has 35 heavy (non-hydrogen) atoms. The van der Waals surface area contributed by atoms with Crippen molar-refractivity contribution in [1.29, 1.82) is 0 Å². The molecule has 5 nitrogen and oxygen atoms in total. The summed E-state index contributed by atoms with van der Waals surface area (Å²) in [6.45, 7) is 2.52. The molecule has 5 rings (SSSR count). The predicted octanol–water partition coefficient (Wildman–Crippen LogP) is 6.95. The van der Waals surface area contributed by atoms with E-state index in [-0.39, 0.29) is 11.8 Å². The smallest absolute Gasteiger partial charge is 0.221 e. The van der Waals surface area contributed by atoms with Gasteiger partial charge >= 0.3 is 0 Å². The molecule has 2 N–H and O–H groups in total. The van der Waals surface area contributed by atoms with Gasteiger partial charge in [0.05, 0.1) is 12.8 Å². The Morgan fingerprint density at radius 2 is 1.80 bits per heavy atom. The number of nitrogens with one attached hydrogen (secondary N) is 2. The van der Waals surface area contributed by atoms with Crippen molar-refractivity contribution >= 4 is 16.8 Å². The molecule has 0 saturated heterocycles. The minimum absolute atomic E-state index is 0.0400. The Morgan fingerprint density at radius 1 is 0.971 bits per heavy atom. The average Bonchev–Trinajstić information content (AvgIpc) is 3.57. The summed E-state index contributed by atoms with van der Waals surface area (Å²) in [4.78, 5) is 16.5. The molecule has 0 aliphatic heterocycles. The van der Waals surface area contributed by atoms with Crippen molar-refractivity contribution in [2.24, 2.45) is 0 Å². The minimum Gasteiger partial charge on any atom is -0.467 e. The van der Waals surface area contributed by atoms with Crippen LogP contribution in [-0.4, -0.2) is 10.9 Å². The number of H-pyrrole nitrogens is 1. The fourth-order valence-corrected chi connectivity index (χ4v) is 4.50. The molecule has 0 saturated carbocycles. The first-order valence-corrected chi connectivity index (χ1v) is 11.9. The number of furan rings is 1. The summed E-state index contributed by atoms with van der Waals surface area (Å²) < 4.78 is 11.5. The lowest BCUT2D eigenvalue weighted by atomic mass is 9.87. The van der Waals surface area contributed by atoms with E-state index >= 15 is 0 Å². The number of amides is 1. The second-order valence-electron chi connectivity index (χ2n) is 8.54. The molecule has 1 unspecified atom stereocenters. The predicted molar refractivity (Wildman–Crippen MR) is 138 cm³/mol. The van der Waals surface area contributed by atoms with Gasteiger partial charge in [-0.25, -0.2) is 0 Å². The first-order chi connectivity index (χ1) is 17.2. The van der Waals surface area contributed by atoms with Crippen molar-refractivity contribution in [2.45, 2.75) is 32.2 Å². The zero-order valence-corrected chi connectivity index (χ0v) is 19.7. The van der Waals surface area contributed by atoms with Crippen LogP contribution in [0.4, 0.5) is 0 Å². The van der Waals surface area contributed by atoms with Gasteiger partial charge in [0.25, 0.3) is 0 Å².